The molecule has 1 aromatic carbocycles. The fourth-order valence-electron chi connectivity index (χ4n) is 2.78. The zero-order chi connectivity index (χ0) is 15.1. The van der Waals surface area contributed by atoms with Gasteiger partial charge in [-0.25, -0.2) is 0 Å². The Hall–Kier alpha value is -1.26. The lowest BCUT2D eigenvalue weighted by atomic mass is 10.0. The second-order valence-corrected chi connectivity index (χ2v) is 5.09. The maximum absolute atomic E-state index is 10.0. The van der Waals surface area contributed by atoms with E-state index in [0.29, 0.717) is 18.2 Å². The van der Waals surface area contributed by atoms with E-state index >= 15 is 0 Å². The smallest absolute Gasteiger partial charge is 0.124 e. The van der Waals surface area contributed by atoms with Gasteiger partial charge < -0.3 is 14.9 Å². The Kier molecular flexibility index (Phi) is 6.82. The van der Waals surface area contributed by atoms with E-state index in [4.69, 9.17) is 4.74 Å². The van der Waals surface area contributed by atoms with Crippen molar-refractivity contribution in [3.63, 3.8) is 0 Å². The first-order valence-corrected chi connectivity index (χ1v) is 7.32. The highest BCUT2D eigenvalue weighted by atomic mass is 16.5. The van der Waals surface area contributed by atoms with Crippen molar-refractivity contribution in [2.45, 2.75) is 45.7 Å². The van der Waals surface area contributed by atoms with Crippen molar-refractivity contribution in [2.24, 2.45) is 0 Å². The van der Waals surface area contributed by atoms with Gasteiger partial charge in [-0.05, 0) is 31.9 Å². The number of hydrogen-bond acceptors (Lipinski definition) is 4. The molecule has 0 fully saturated rings. The lowest BCUT2D eigenvalue weighted by Crippen LogP contribution is -2.39. The number of phenols is 2. The van der Waals surface area contributed by atoms with Gasteiger partial charge in [0.1, 0.15) is 11.5 Å². The monoisotopic (exact) mass is 281 g/mol. The highest BCUT2D eigenvalue weighted by molar-refractivity contribution is 5.45. The number of benzene rings is 1. The predicted octanol–water partition coefficient (Wildman–Crippen LogP) is 3.30. The highest BCUT2D eigenvalue weighted by Gasteiger charge is 2.26. The van der Waals surface area contributed by atoms with Crippen molar-refractivity contribution in [3.05, 3.63) is 23.8 Å². The van der Waals surface area contributed by atoms with E-state index in [9.17, 15) is 10.2 Å². The van der Waals surface area contributed by atoms with Gasteiger partial charge in [0, 0.05) is 25.7 Å². The second kappa shape index (κ2) is 8.12. The summed E-state index contributed by atoms with van der Waals surface area (Å²) in [5.41, 5.74) is 0.593. The number of hydrogen-bond donors (Lipinski definition) is 2. The molecule has 1 atom stereocenters. The van der Waals surface area contributed by atoms with Crippen molar-refractivity contribution >= 4 is 0 Å². The van der Waals surface area contributed by atoms with E-state index in [-0.39, 0.29) is 17.5 Å². The van der Waals surface area contributed by atoms with Crippen molar-refractivity contribution in [3.8, 4) is 11.5 Å². The van der Waals surface area contributed by atoms with Crippen LogP contribution in [-0.2, 0) is 4.74 Å². The minimum atomic E-state index is -0.0590. The summed E-state index contributed by atoms with van der Waals surface area (Å²) < 4.78 is 5.19. The SMILES string of the molecule is CCC(CC)N(CCOC)C(C)c1c(O)cccc1O. The molecule has 0 amide bonds. The Morgan fingerprint density at radius 2 is 1.70 bits per heavy atom. The number of methoxy groups -OCH3 is 1. The van der Waals surface area contributed by atoms with Gasteiger partial charge in [-0.3, -0.25) is 4.90 Å². The Morgan fingerprint density at radius 3 is 2.15 bits per heavy atom. The lowest BCUT2D eigenvalue weighted by Gasteiger charge is -2.36. The van der Waals surface area contributed by atoms with Gasteiger partial charge in [0.15, 0.2) is 0 Å². The summed E-state index contributed by atoms with van der Waals surface area (Å²) in [5, 5.41) is 20.1. The summed E-state index contributed by atoms with van der Waals surface area (Å²) in [7, 11) is 1.69. The molecule has 0 saturated carbocycles. The van der Waals surface area contributed by atoms with Crippen LogP contribution in [0.1, 0.15) is 45.2 Å². The maximum atomic E-state index is 10.0. The van der Waals surface area contributed by atoms with Crippen LogP contribution in [0.25, 0.3) is 0 Å². The Labute approximate surface area is 122 Å². The zero-order valence-corrected chi connectivity index (χ0v) is 13.0. The van der Waals surface area contributed by atoms with Crippen LogP contribution in [0, 0.1) is 0 Å². The minimum Gasteiger partial charge on any atom is -0.507 e. The van der Waals surface area contributed by atoms with Gasteiger partial charge >= 0.3 is 0 Å². The quantitative estimate of drug-likeness (QED) is 0.767. The van der Waals surface area contributed by atoms with Crippen LogP contribution in [-0.4, -0.2) is 41.4 Å². The number of aromatic hydroxyl groups is 2. The summed E-state index contributed by atoms with van der Waals surface area (Å²) in [5.74, 6) is 0.289. The van der Waals surface area contributed by atoms with Gasteiger partial charge in [-0.2, -0.15) is 0 Å². The molecule has 0 radical (unpaired) electrons. The molecule has 0 aliphatic heterocycles. The number of nitrogens with zero attached hydrogens (tertiary/aromatic N) is 1. The average Bonchev–Trinajstić information content (AvgIpc) is 2.43. The maximum Gasteiger partial charge on any atom is 0.124 e. The summed E-state index contributed by atoms with van der Waals surface area (Å²) in [6.45, 7) is 7.74. The third kappa shape index (κ3) is 3.87. The molecule has 0 aliphatic rings. The normalized spacial score (nSPS) is 13.1. The van der Waals surface area contributed by atoms with Gasteiger partial charge in [0.05, 0.1) is 12.2 Å². The van der Waals surface area contributed by atoms with Crippen molar-refractivity contribution in [2.75, 3.05) is 20.3 Å². The van der Waals surface area contributed by atoms with E-state index in [1.807, 2.05) is 6.92 Å². The largest absolute Gasteiger partial charge is 0.507 e. The van der Waals surface area contributed by atoms with Crippen molar-refractivity contribution in [1.82, 2.24) is 4.90 Å². The third-order valence-corrected chi connectivity index (χ3v) is 3.94. The Bertz CT molecular complexity index is 384. The molecule has 20 heavy (non-hydrogen) atoms. The van der Waals surface area contributed by atoms with Crippen LogP contribution < -0.4 is 0 Å². The van der Waals surface area contributed by atoms with E-state index < -0.39 is 0 Å². The van der Waals surface area contributed by atoms with Crippen molar-refractivity contribution in [1.29, 1.82) is 0 Å². The van der Waals surface area contributed by atoms with Crippen LogP contribution >= 0.6 is 0 Å². The first-order chi connectivity index (χ1) is 9.56. The molecule has 2 N–H and O–H groups in total. The van der Waals surface area contributed by atoms with E-state index in [1.165, 1.54) is 0 Å². The minimum absolute atomic E-state index is 0.0590. The standard InChI is InChI=1S/C16H27NO3/c1-5-13(6-2)17(10-11-20-4)12(3)16-14(18)8-7-9-15(16)19/h7-9,12-13,18-19H,5-6,10-11H2,1-4H3. The van der Waals surface area contributed by atoms with Gasteiger partial charge in [-0.15, -0.1) is 0 Å². The topological polar surface area (TPSA) is 52.9 Å². The first kappa shape index (κ1) is 16.8. The fourth-order valence-corrected chi connectivity index (χ4v) is 2.78. The van der Waals surface area contributed by atoms with Crippen LogP contribution in [0.3, 0.4) is 0 Å². The Morgan fingerprint density at radius 1 is 1.15 bits per heavy atom. The summed E-state index contributed by atoms with van der Waals surface area (Å²) in [6.07, 6.45) is 2.05. The molecular weight excluding hydrogens is 254 g/mol. The lowest BCUT2D eigenvalue weighted by molar-refractivity contribution is 0.0835. The molecule has 0 heterocycles. The average molecular weight is 281 g/mol. The van der Waals surface area contributed by atoms with Gasteiger partial charge in [0.25, 0.3) is 0 Å². The van der Waals surface area contributed by atoms with E-state index in [0.717, 1.165) is 19.4 Å². The van der Waals surface area contributed by atoms with Gasteiger partial charge in [-0.1, -0.05) is 19.9 Å². The molecule has 1 aromatic rings. The number of ether oxygens (including phenoxy) is 1. The van der Waals surface area contributed by atoms with Crippen molar-refractivity contribution < 1.29 is 14.9 Å². The van der Waals surface area contributed by atoms with Gasteiger partial charge in [0.2, 0.25) is 0 Å². The fraction of sp³-hybridized carbons (Fsp3) is 0.625. The molecule has 0 bridgehead atoms. The third-order valence-electron chi connectivity index (χ3n) is 3.94. The second-order valence-electron chi connectivity index (χ2n) is 5.09. The molecule has 0 aromatic heterocycles. The van der Waals surface area contributed by atoms with E-state index in [1.54, 1.807) is 25.3 Å². The summed E-state index contributed by atoms with van der Waals surface area (Å²) in [4.78, 5) is 2.29. The molecule has 1 unspecified atom stereocenters. The molecule has 0 saturated heterocycles. The highest BCUT2D eigenvalue weighted by Crippen LogP contribution is 2.36. The number of phenolic OH excluding ortho intramolecular Hbond substituents is 2. The van der Waals surface area contributed by atoms with Crippen LogP contribution in [0.15, 0.2) is 18.2 Å². The van der Waals surface area contributed by atoms with Crippen LogP contribution in [0.5, 0.6) is 11.5 Å². The Balaban J connectivity index is 3.05. The summed E-state index contributed by atoms with van der Waals surface area (Å²) in [6, 6.07) is 5.23. The molecular formula is C16H27NO3. The molecule has 1 rings (SSSR count). The van der Waals surface area contributed by atoms with Crippen LogP contribution in [0.4, 0.5) is 0 Å². The summed E-state index contributed by atoms with van der Waals surface area (Å²) >= 11 is 0. The molecule has 4 heteroatoms. The molecule has 0 aliphatic carbocycles. The predicted molar refractivity (Wildman–Crippen MR) is 81.1 cm³/mol. The first-order valence-electron chi connectivity index (χ1n) is 7.32. The van der Waals surface area contributed by atoms with E-state index in [2.05, 4.69) is 18.7 Å². The zero-order valence-electron chi connectivity index (χ0n) is 13.0. The molecule has 0 spiro atoms. The molecule has 4 nitrogen and oxygen atoms in total. The molecule has 114 valence electrons. The number of rotatable bonds is 8. The van der Waals surface area contributed by atoms with Crippen LogP contribution in [0.2, 0.25) is 0 Å².